The molecule has 0 bridgehead atoms. The van der Waals surface area contributed by atoms with Gasteiger partial charge in [0.05, 0.1) is 0 Å². The minimum Gasteiger partial charge on any atom is -0.211 e. The van der Waals surface area contributed by atoms with Crippen molar-refractivity contribution in [3.63, 3.8) is 0 Å². The van der Waals surface area contributed by atoms with Gasteiger partial charge in [-0.3, -0.25) is 0 Å². The van der Waals surface area contributed by atoms with Crippen molar-refractivity contribution in [1.82, 2.24) is 0 Å². The van der Waals surface area contributed by atoms with E-state index in [1.165, 1.54) is 18.2 Å². The maximum Gasteiger partial charge on any atom is 0.415 e. The van der Waals surface area contributed by atoms with Crippen LogP contribution in [0.5, 0.6) is 0 Å². The van der Waals surface area contributed by atoms with Crippen LogP contribution in [0, 0.1) is 0 Å². The molecule has 0 aliphatic heterocycles. The Morgan fingerprint density at radius 3 is 2.53 bits per heavy atom. The summed E-state index contributed by atoms with van der Waals surface area (Å²) in [6.07, 6.45) is -3.72. The molecule has 2 nitrogen and oxygen atoms in total. The Morgan fingerprint density at radius 2 is 2.07 bits per heavy atom. The number of halogens is 4. The lowest BCUT2D eigenvalue weighted by molar-refractivity contribution is -0.148. The lowest BCUT2D eigenvalue weighted by Gasteiger charge is -2.14. The molecule has 0 N–H and O–H groups in total. The maximum absolute atomic E-state index is 12.4. The zero-order valence-corrected chi connectivity index (χ0v) is 8.01. The average molecular weight is 236 g/mol. The number of carbonyl (C=O) groups excluding carboxylic acids is 1. The molecular formula is C9H5ClF3NO. The van der Waals surface area contributed by atoms with E-state index in [0.29, 0.717) is 0 Å². The summed E-state index contributed by atoms with van der Waals surface area (Å²) < 4.78 is 37.2. The lowest BCUT2D eigenvalue weighted by atomic mass is 10.1. The predicted octanol–water partition coefficient (Wildman–Crippen LogP) is 3.28. The molecule has 0 aliphatic rings. The van der Waals surface area contributed by atoms with E-state index in [2.05, 4.69) is 4.99 Å². The molecule has 0 aromatic heterocycles. The van der Waals surface area contributed by atoms with Crippen LogP contribution in [-0.2, 0) is 4.79 Å². The molecule has 1 aromatic carbocycles. The van der Waals surface area contributed by atoms with Crippen molar-refractivity contribution in [2.75, 3.05) is 0 Å². The number of hydrogen-bond acceptors (Lipinski definition) is 2. The highest BCUT2D eigenvalue weighted by atomic mass is 35.5. The van der Waals surface area contributed by atoms with Crippen LogP contribution in [0.25, 0.3) is 0 Å². The Kier molecular flexibility index (Phi) is 3.50. The van der Waals surface area contributed by atoms with Crippen molar-refractivity contribution in [3.8, 4) is 0 Å². The Hall–Kier alpha value is -1.32. The summed E-state index contributed by atoms with van der Waals surface area (Å²) in [7, 11) is 0. The van der Waals surface area contributed by atoms with Gasteiger partial charge in [-0.05, 0) is 17.7 Å². The van der Waals surface area contributed by atoms with Crippen LogP contribution in [0.3, 0.4) is 0 Å². The van der Waals surface area contributed by atoms with Gasteiger partial charge in [0.2, 0.25) is 6.08 Å². The van der Waals surface area contributed by atoms with E-state index < -0.39 is 12.2 Å². The van der Waals surface area contributed by atoms with Gasteiger partial charge in [-0.15, -0.1) is 0 Å². The third kappa shape index (κ3) is 3.08. The van der Waals surface area contributed by atoms with Crippen LogP contribution >= 0.6 is 11.6 Å². The first-order valence-electron chi connectivity index (χ1n) is 3.84. The molecule has 0 saturated carbocycles. The fourth-order valence-electron chi connectivity index (χ4n) is 1.07. The third-order valence-corrected chi connectivity index (χ3v) is 1.89. The van der Waals surface area contributed by atoms with Gasteiger partial charge >= 0.3 is 6.18 Å². The van der Waals surface area contributed by atoms with Crippen LogP contribution in [0.2, 0.25) is 5.02 Å². The van der Waals surface area contributed by atoms with Crippen LogP contribution in [0.15, 0.2) is 29.3 Å². The second kappa shape index (κ2) is 4.47. The molecule has 0 fully saturated rings. The Bertz CT molecular complexity index is 399. The van der Waals surface area contributed by atoms with Gasteiger partial charge in [-0.25, -0.2) is 4.79 Å². The molecule has 0 radical (unpaired) electrons. The molecule has 15 heavy (non-hydrogen) atoms. The molecule has 0 heterocycles. The first-order valence-corrected chi connectivity index (χ1v) is 4.22. The van der Waals surface area contributed by atoms with Gasteiger partial charge in [0.1, 0.15) is 0 Å². The smallest absolute Gasteiger partial charge is 0.211 e. The fourth-order valence-corrected chi connectivity index (χ4v) is 1.26. The van der Waals surface area contributed by atoms with Gasteiger partial charge in [0.15, 0.2) is 6.04 Å². The van der Waals surface area contributed by atoms with Crippen LogP contribution in [0.4, 0.5) is 13.2 Å². The van der Waals surface area contributed by atoms with E-state index >= 15 is 0 Å². The molecule has 0 aliphatic carbocycles. The van der Waals surface area contributed by atoms with Crippen LogP contribution in [0.1, 0.15) is 11.6 Å². The number of benzene rings is 1. The first-order chi connectivity index (χ1) is 6.95. The van der Waals surface area contributed by atoms with Crippen molar-refractivity contribution in [2.45, 2.75) is 12.2 Å². The monoisotopic (exact) mass is 235 g/mol. The van der Waals surface area contributed by atoms with E-state index in [9.17, 15) is 18.0 Å². The molecule has 6 heteroatoms. The minimum atomic E-state index is -4.62. The number of rotatable bonds is 2. The summed E-state index contributed by atoms with van der Waals surface area (Å²) in [5.41, 5.74) is -0.182. The lowest BCUT2D eigenvalue weighted by Crippen LogP contribution is -2.18. The normalized spacial score (nSPS) is 13.1. The molecule has 80 valence electrons. The number of aliphatic imine (C=N–C) groups is 1. The average Bonchev–Trinajstić information content (AvgIpc) is 2.12. The first kappa shape index (κ1) is 11.8. The van der Waals surface area contributed by atoms with Gasteiger partial charge < -0.3 is 0 Å². The highest BCUT2D eigenvalue weighted by Gasteiger charge is 2.41. The maximum atomic E-state index is 12.4. The molecule has 0 saturated heterocycles. The Labute approximate surface area is 88.4 Å². The van der Waals surface area contributed by atoms with Crippen LogP contribution in [-0.4, -0.2) is 12.3 Å². The summed E-state index contributed by atoms with van der Waals surface area (Å²) in [5.74, 6) is 0. The number of isocyanates is 1. The quantitative estimate of drug-likeness (QED) is 0.571. The van der Waals surface area contributed by atoms with Crippen molar-refractivity contribution < 1.29 is 18.0 Å². The SMILES string of the molecule is O=C=NC(c1cccc(Cl)c1)C(F)(F)F. The highest BCUT2D eigenvalue weighted by molar-refractivity contribution is 6.30. The molecular weight excluding hydrogens is 231 g/mol. The Morgan fingerprint density at radius 1 is 1.40 bits per heavy atom. The topological polar surface area (TPSA) is 29.4 Å². The second-order valence-corrected chi connectivity index (χ2v) is 3.16. The highest BCUT2D eigenvalue weighted by Crippen LogP contribution is 2.36. The molecule has 1 unspecified atom stereocenters. The summed E-state index contributed by atoms with van der Waals surface area (Å²) in [4.78, 5) is 12.6. The zero-order chi connectivity index (χ0) is 11.5. The van der Waals surface area contributed by atoms with Crippen molar-refractivity contribution >= 4 is 17.7 Å². The van der Waals surface area contributed by atoms with Crippen molar-refractivity contribution in [1.29, 1.82) is 0 Å². The van der Waals surface area contributed by atoms with Gasteiger partial charge in [0.25, 0.3) is 0 Å². The Balaban J connectivity index is 3.16. The summed E-state index contributed by atoms with van der Waals surface area (Å²) in [5, 5.41) is 0.155. The summed E-state index contributed by atoms with van der Waals surface area (Å²) in [6.45, 7) is 0. The molecule has 0 amide bonds. The molecule has 1 rings (SSSR count). The predicted molar refractivity (Wildman–Crippen MR) is 48.4 cm³/mol. The van der Waals surface area contributed by atoms with Gasteiger partial charge in [-0.2, -0.15) is 18.2 Å². The van der Waals surface area contributed by atoms with E-state index in [1.54, 1.807) is 0 Å². The minimum absolute atomic E-state index is 0.155. The summed E-state index contributed by atoms with van der Waals surface area (Å²) in [6, 6.07) is 2.90. The zero-order valence-electron chi connectivity index (χ0n) is 7.25. The second-order valence-electron chi connectivity index (χ2n) is 2.72. The van der Waals surface area contributed by atoms with Gasteiger partial charge in [0, 0.05) is 5.02 Å². The van der Waals surface area contributed by atoms with Crippen molar-refractivity contribution in [3.05, 3.63) is 34.9 Å². The number of nitrogens with zero attached hydrogens (tertiary/aromatic N) is 1. The van der Waals surface area contributed by atoms with E-state index in [4.69, 9.17) is 11.6 Å². The molecule has 1 aromatic rings. The third-order valence-electron chi connectivity index (χ3n) is 1.66. The van der Waals surface area contributed by atoms with Gasteiger partial charge in [-0.1, -0.05) is 23.7 Å². The largest absolute Gasteiger partial charge is 0.415 e. The van der Waals surface area contributed by atoms with E-state index in [1.807, 2.05) is 0 Å². The molecule has 1 atom stereocenters. The van der Waals surface area contributed by atoms with E-state index in [-0.39, 0.29) is 10.6 Å². The molecule has 0 spiro atoms. The fraction of sp³-hybridized carbons (Fsp3) is 0.222. The number of alkyl halides is 3. The number of hydrogen-bond donors (Lipinski definition) is 0. The van der Waals surface area contributed by atoms with Crippen molar-refractivity contribution in [2.24, 2.45) is 4.99 Å². The standard InChI is InChI=1S/C9H5ClF3NO/c10-7-3-1-2-6(4-7)8(14-5-15)9(11,12)13/h1-4,8H. The summed E-state index contributed by atoms with van der Waals surface area (Å²) >= 11 is 5.53. The van der Waals surface area contributed by atoms with Crippen LogP contribution < -0.4 is 0 Å². The van der Waals surface area contributed by atoms with E-state index in [0.717, 1.165) is 12.1 Å².